The largest absolute Gasteiger partial charge is 0.508 e. The van der Waals surface area contributed by atoms with Crippen molar-refractivity contribution in [2.75, 3.05) is 31.1 Å². The summed E-state index contributed by atoms with van der Waals surface area (Å²) in [4.78, 5) is 2.39. The number of hydrogen-bond donors (Lipinski definition) is 2. The highest BCUT2D eigenvalue weighted by Gasteiger charge is 2.33. The van der Waals surface area contributed by atoms with Crippen LogP contribution in [0.4, 0.5) is 5.69 Å². The van der Waals surface area contributed by atoms with Crippen LogP contribution in [0.25, 0.3) is 0 Å². The van der Waals surface area contributed by atoms with Crippen molar-refractivity contribution in [2.24, 2.45) is 0 Å². The second kappa shape index (κ2) is 6.29. The van der Waals surface area contributed by atoms with Crippen molar-refractivity contribution in [3.63, 3.8) is 0 Å². The van der Waals surface area contributed by atoms with Crippen LogP contribution in [0.2, 0.25) is 5.02 Å². The van der Waals surface area contributed by atoms with Gasteiger partial charge in [-0.1, -0.05) is 36.6 Å². The summed E-state index contributed by atoms with van der Waals surface area (Å²) in [5, 5.41) is 14.0. The summed E-state index contributed by atoms with van der Waals surface area (Å²) >= 11 is 6.42. The maximum Gasteiger partial charge on any atom is 0.117 e. The maximum absolute atomic E-state index is 9.92. The van der Waals surface area contributed by atoms with Gasteiger partial charge < -0.3 is 15.3 Å². The summed E-state index contributed by atoms with van der Waals surface area (Å²) in [5.74, 6) is 0.625. The Kier molecular flexibility index (Phi) is 4.41. The van der Waals surface area contributed by atoms with E-state index in [2.05, 4.69) is 23.2 Å². The van der Waals surface area contributed by atoms with E-state index in [9.17, 15) is 5.11 Å². The van der Waals surface area contributed by atoms with Gasteiger partial charge in [0.2, 0.25) is 0 Å². The van der Waals surface area contributed by atoms with Crippen molar-refractivity contribution in [3.8, 4) is 5.75 Å². The van der Waals surface area contributed by atoms with Gasteiger partial charge in [0.25, 0.3) is 0 Å². The summed E-state index contributed by atoms with van der Waals surface area (Å²) in [6.07, 6.45) is 5.78. The Balaban J connectivity index is 1.97. The fourth-order valence-corrected chi connectivity index (χ4v) is 3.75. The van der Waals surface area contributed by atoms with E-state index in [1.54, 1.807) is 6.07 Å². The van der Waals surface area contributed by atoms with Crippen LogP contribution in [0.15, 0.2) is 23.8 Å². The Morgan fingerprint density at radius 3 is 3.00 bits per heavy atom. The molecule has 0 aliphatic carbocycles. The Morgan fingerprint density at radius 2 is 2.29 bits per heavy atom. The first-order valence-electron chi connectivity index (χ1n) is 7.87. The number of benzene rings is 1. The number of anilines is 1. The van der Waals surface area contributed by atoms with Gasteiger partial charge in [0.05, 0.1) is 10.7 Å². The predicted octanol–water partition coefficient (Wildman–Crippen LogP) is 3.67. The number of unbranched alkanes of at least 4 members (excludes halogenated alkanes) is 1. The van der Waals surface area contributed by atoms with E-state index in [1.165, 1.54) is 24.0 Å². The molecule has 0 amide bonds. The highest BCUT2D eigenvalue weighted by molar-refractivity contribution is 6.33. The lowest BCUT2D eigenvalue weighted by molar-refractivity contribution is 0.474. The van der Waals surface area contributed by atoms with Gasteiger partial charge in [-0.3, -0.25) is 0 Å². The fraction of sp³-hybridized carbons (Fsp3) is 0.529. The molecule has 1 atom stereocenters. The van der Waals surface area contributed by atoms with E-state index in [0.717, 1.165) is 38.3 Å². The highest BCUT2D eigenvalue weighted by Crippen LogP contribution is 2.46. The SMILES string of the molecule is CCCCN1CC(C2=CCCNC2)c2cc(O)cc(Cl)c21. The van der Waals surface area contributed by atoms with Crippen molar-refractivity contribution in [1.29, 1.82) is 0 Å². The van der Waals surface area contributed by atoms with Crippen LogP contribution in [-0.4, -0.2) is 31.3 Å². The minimum atomic E-state index is 0.269. The molecule has 0 aromatic heterocycles. The summed E-state index contributed by atoms with van der Waals surface area (Å²) in [6, 6.07) is 3.56. The molecule has 114 valence electrons. The normalized spacial score (nSPS) is 21.3. The van der Waals surface area contributed by atoms with Gasteiger partial charge in [0.15, 0.2) is 0 Å². The second-order valence-corrected chi connectivity index (χ2v) is 6.37. The van der Waals surface area contributed by atoms with Crippen LogP contribution in [0.1, 0.15) is 37.7 Å². The van der Waals surface area contributed by atoms with E-state index < -0.39 is 0 Å². The van der Waals surface area contributed by atoms with Gasteiger partial charge in [-0.15, -0.1) is 0 Å². The smallest absolute Gasteiger partial charge is 0.117 e. The highest BCUT2D eigenvalue weighted by atomic mass is 35.5. The molecule has 0 radical (unpaired) electrons. The molecule has 4 heteroatoms. The molecular weight excluding hydrogens is 284 g/mol. The van der Waals surface area contributed by atoms with Gasteiger partial charge >= 0.3 is 0 Å². The molecule has 0 fully saturated rings. The van der Waals surface area contributed by atoms with Crippen molar-refractivity contribution < 1.29 is 5.11 Å². The van der Waals surface area contributed by atoms with Crippen LogP contribution in [0, 0.1) is 0 Å². The lowest BCUT2D eigenvalue weighted by atomic mass is 9.90. The molecule has 21 heavy (non-hydrogen) atoms. The average Bonchev–Trinajstić information content (AvgIpc) is 2.85. The molecular formula is C17H23ClN2O. The molecule has 3 rings (SSSR count). The zero-order valence-electron chi connectivity index (χ0n) is 12.5. The fourth-order valence-electron chi connectivity index (χ4n) is 3.41. The minimum Gasteiger partial charge on any atom is -0.508 e. The molecule has 0 spiro atoms. The third-order valence-corrected chi connectivity index (χ3v) is 4.75. The van der Waals surface area contributed by atoms with E-state index in [4.69, 9.17) is 11.6 Å². The van der Waals surface area contributed by atoms with Crippen LogP contribution >= 0.6 is 11.6 Å². The minimum absolute atomic E-state index is 0.269. The van der Waals surface area contributed by atoms with E-state index in [0.29, 0.717) is 10.9 Å². The number of phenolic OH excluding ortho intramolecular Hbond substituents is 1. The molecule has 1 aromatic carbocycles. The maximum atomic E-state index is 9.92. The molecule has 1 aromatic rings. The molecule has 0 bridgehead atoms. The summed E-state index contributed by atoms with van der Waals surface area (Å²) in [6.45, 7) is 6.22. The number of nitrogens with one attached hydrogen (secondary N) is 1. The third kappa shape index (κ3) is 2.90. The van der Waals surface area contributed by atoms with E-state index in [-0.39, 0.29) is 5.75 Å². The van der Waals surface area contributed by atoms with Gasteiger partial charge in [-0.25, -0.2) is 0 Å². The van der Waals surface area contributed by atoms with Crippen LogP contribution in [0.5, 0.6) is 5.75 Å². The zero-order chi connectivity index (χ0) is 14.8. The van der Waals surface area contributed by atoms with Crippen LogP contribution < -0.4 is 10.2 Å². The Morgan fingerprint density at radius 1 is 1.43 bits per heavy atom. The number of phenols is 1. The molecule has 0 saturated carbocycles. The topological polar surface area (TPSA) is 35.5 Å². The van der Waals surface area contributed by atoms with Crippen molar-refractivity contribution in [1.82, 2.24) is 5.32 Å². The Bertz CT molecular complexity index is 556. The van der Waals surface area contributed by atoms with Crippen LogP contribution in [0.3, 0.4) is 0 Å². The number of hydrogen-bond acceptors (Lipinski definition) is 3. The summed E-state index contributed by atoms with van der Waals surface area (Å²) < 4.78 is 0. The predicted molar refractivity (Wildman–Crippen MR) is 88.5 cm³/mol. The average molecular weight is 307 g/mol. The quantitative estimate of drug-likeness (QED) is 0.833. The van der Waals surface area contributed by atoms with Crippen molar-refractivity contribution >= 4 is 17.3 Å². The second-order valence-electron chi connectivity index (χ2n) is 5.96. The van der Waals surface area contributed by atoms with Gasteiger partial charge in [0, 0.05) is 31.6 Å². The molecule has 3 nitrogen and oxygen atoms in total. The van der Waals surface area contributed by atoms with E-state index in [1.807, 2.05) is 6.07 Å². The standard InChI is InChI=1S/C17H23ClN2O/c1-2-3-7-20-11-15(12-5-4-6-19-10-12)14-8-13(21)9-16(18)17(14)20/h5,8-9,15,19,21H,2-4,6-7,10-11H2,1H3. The molecule has 2 heterocycles. The Labute approximate surface area is 131 Å². The van der Waals surface area contributed by atoms with Crippen molar-refractivity contribution in [2.45, 2.75) is 32.1 Å². The zero-order valence-corrected chi connectivity index (χ0v) is 13.3. The summed E-state index contributed by atoms with van der Waals surface area (Å²) in [7, 11) is 0. The first-order chi connectivity index (χ1) is 10.2. The number of aromatic hydroxyl groups is 1. The summed E-state index contributed by atoms with van der Waals surface area (Å²) in [5.41, 5.74) is 3.74. The molecule has 2 aliphatic heterocycles. The first-order valence-corrected chi connectivity index (χ1v) is 8.25. The lowest BCUT2D eigenvalue weighted by Gasteiger charge is -2.22. The molecule has 0 saturated heterocycles. The molecule has 2 N–H and O–H groups in total. The van der Waals surface area contributed by atoms with Gasteiger partial charge in [-0.2, -0.15) is 0 Å². The number of nitrogens with zero attached hydrogens (tertiary/aromatic N) is 1. The Hall–Kier alpha value is -1.19. The first kappa shape index (κ1) is 14.7. The molecule has 2 aliphatic rings. The van der Waals surface area contributed by atoms with Crippen molar-refractivity contribution in [3.05, 3.63) is 34.4 Å². The number of fused-ring (bicyclic) bond motifs is 1. The van der Waals surface area contributed by atoms with Crippen LogP contribution in [-0.2, 0) is 0 Å². The lowest BCUT2D eigenvalue weighted by Crippen LogP contribution is -2.28. The van der Waals surface area contributed by atoms with E-state index >= 15 is 0 Å². The van der Waals surface area contributed by atoms with Gasteiger partial charge in [0.1, 0.15) is 5.75 Å². The third-order valence-electron chi connectivity index (χ3n) is 4.46. The van der Waals surface area contributed by atoms with Gasteiger partial charge in [-0.05, 0) is 31.0 Å². The number of rotatable bonds is 4. The monoisotopic (exact) mass is 306 g/mol. The number of halogens is 1. The molecule has 1 unspecified atom stereocenters.